The van der Waals surface area contributed by atoms with Gasteiger partial charge < -0.3 is 4.57 Å². The number of halogens is 1. The first kappa shape index (κ1) is 14.6. The van der Waals surface area contributed by atoms with Crippen LogP contribution in [0.15, 0.2) is 17.5 Å². The number of aromatic nitrogens is 4. The Hall–Kier alpha value is -1.33. The SMILES string of the molecule is Cc1nn(C)c2c1nc(CCl)n2C(c1cccs1)C(C)C. The minimum absolute atomic E-state index is 0.235. The van der Waals surface area contributed by atoms with Crippen LogP contribution in [0, 0.1) is 12.8 Å². The van der Waals surface area contributed by atoms with Gasteiger partial charge in [-0.05, 0) is 24.3 Å². The van der Waals surface area contributed by atoms with Crippen molar-refractivity contribution in [2.45, 2.75) is 32.7 Å². The van der Waals surface area contributed by atoms with Crippen molar-refractivity contribution in [2.24, 2.45) is 13.0 Å². The first-order valence-corrected chi connectivity index (χ1v) is 8.45. The highest BCUT2D eigenvalue weighted by Crippen LogP contribution is 2.35. The van der Waals surface area contributed by atoms with E-state index in [0.29, 0.717) is 11.8 Å². The average molecular weight is 323 g/mol. The second kappa shape index (κ2) is 5.46. The highest BCUT2D eigenvalue weighted by Gasteiger charge is 2.26. The molecule has 0 amide bonds. The number of hydrogen-bond donors (Lipinski definition) is 0. The molecule has 0 spiro atoms. The number of aryl methyl sites for hydroxylation is 2. The predicted octanol–water partition coefficient (Wildman–Crippen LogP) is 4.12. The molecule has 0 N–H and O–H groups in total. The van der Waals surface area contributed by atoms with Gasteiger partial charge in [0.25, 0.3) is 0 Å². The molecule has 1 unspecified atom stereocenters. The molecule has 0 aliphatic heterocycles. The minimum atomic E-state index is 0.235. The molecule has 3 aromatic rings. The molecule has 21 heavy (non-hydrogen) atoms. The van der Waals surface area contributed by atoms with Gasteiger partial charge in [-0.15, -0.1) is 22.9 Å². The highest BCUT2D eigenvalue weighted by atomic mass is 35.5. The first-order valence-electron chi connectivity index (χ1n) is 7.04. The molecule has 0 fully saturated rings. The van der Waals surface area contributed by atoms with Crippen LogP contribution in [0.3, 0.4) is 0 Å². The van der Waals surface area contributed by atoms with Gasteiger partial charge in [-0.3, -0.25) is 4.68 Å². The lowest BCUT2D eigenvalue weighted by Gasteiger charge is -2.24. The quantitative estimate of drug-likeness (QED) is 0.677. The molecule has 6 heteroatoms. The summed E-state index contributed by atoms with van der Waals surface area (Å²) in [5.74, 6) is 1.76. The van der Waals surface area contributed by atoms with E-state index in [9.17, 15) is 0 Å². The van der Waals surface area contributed by atoms with Gasteiger partial charge in [-0.2, -0.15) is 5.10 Å². The molecule has 0 aliphatic rings. The van der Waals surface area contributed by atoms with Crippen molar-refractivity contribution < 1.29 is 0 Å². The van der Waals surface area contributed by atoms with Crippen LogP contribution in [0.4, 0.5) is 0 Å². The van der Waals surface area contributed by atoms with Crippen LogP contribution in [0.1, 0.15) is 36.3 Å². The Morgan fingerprint density at radius 3 is 2.71 bits per heavy atom. The maximum atomic E-state index is 6.17. The van der Waals surface area contributed by atoms with Gasteiger partial charge in [0, 0.05) is 11.9 Å². The monoisotopic (exact) mass is 322 g/mol. The Balaban J connectivity index is 2.30. The molecule has 3 rings (SSSR count). The summed E-state index contributed by atoms with van der Waals surface area (Å²) in [4.78, 5) is 6.05. The molecule has 0 aromatic carbocycles. The van der Waals surface area contributed by atoms with Crippen LogP contribution >= 0.6 is 22.9 Å². The van der Waals surface area contributed by atoms with Gasteiger partial charge in [0.05, 0.1) is 17.6 Å². The second-order valence-electron chi connectivity index (χ2n) is 5.62. The summed E-state index contributed by atoms with van der Waals surface area (Å²) in [7, 11) is 1.97. The molecule has 4 nitrogen and oxygen atoms in total. The van der Waals surface area contributed by atoms with E-state index in [0.717, 1.165) is 22.7 Å². The molecule has 112 valence electrons. The van der Waals surface area contributed by atoms with Crippen LogP contribution in [0.25, 0.3) is 11.2 Å². The Labute approximate surface area is 133 Å². The molecular weight excluding hydrogens is 304 g/mol. The van der Waals surface area contributed by atoms with Crippen LogP contribution < -0.4 is 0 Å². The standard InChI is InChI=1S/C15H19ClN4S/c1-9(2)14(11-6-5-7-21-11)20-12(8-16)17-13-10(3)18-19(4)15(13)20/h5-7,9,14H,8H2,1-4H3. The molecular formula is C15H19ClN4S. The summed E-state index contributed by atoms with van der Waals surface area (Å²) in [6, 6.07) is 4.51. The number of thiophene rings is 1. The maximum Gasteiger partial charge on any atom is 0.159 e. The smallest absolute Gasteiger partial charge is 0.159 e. The van der Waals surface area contributed by atoms with Crippen LogP contribution in [-0.4, -0.2) is 19.3 Å². The lowest BCUT2D eigenvalue weighted by Crippen LogP contribution is -2.19. The molecule has 0 saturated heterocycles. The van der Waals surface area contributed by atoms with Crippen LogP contribution in [-0.2, 0) is 12.9 Å². The number of rotatable bonds is 4. The molecule has 1 atom stereocenters. The fourth-order valence-electron chi connectivity index (χ4n) is 2.94. The summed E-state index contributed by atoms with van der Waals surface area (Å²) >= 11 is 7.94. The van der Waals surface area contributed by atoms with Gasteiger partial charge in [-0.1, -0.05) is 19.9 Å². The van der Waals surface area contributed by atoms with E-state index >= 15 is 0 Å². The lowest BCUT2D eigenvalue weighted by atomic mass is 10.0. The zero-order valence-corrected chi connectivity index (χ0v) is 14.2. The predicted molar refractivity (Wildman–Crippen MR) is 88.1 cm³/mol. The van der Waals surface area contributed by atoms with Gasteiger partial charge in [0.1, 0.15) is 11.3 Å². The summed E-state index contributed by atoms with van der Waals surface area (Å²) in [5, 5.41) is 6.62. The van der Waals surface area contributed by atoms with E-state index in [1.54, 1.807) is 11.3 Å². The molecule has 0 bridgehead atoms. The maximum absolute atomic E-state index is 6.17. The summed E-state index contributed by atoms with van der Waals surface area (Å²) < 4.78 is 4.18. The highest BCUT2D eigenvalue weighted by molar-refractivity contribution is 7.10. The number of hydrogen-bond acceptors (Lipinski definition) is 3. The van der Waals surface area contributed by atoms with Crippen molar-refractivity contribution in [1.29, 1.82) is 0 Å². The van der Waals surface area contributed by atoms with Crippen LogP contribution in [0.5, 0.6) is 0 Å². The third-order valence-corrected chi connectivity index (χ3v) is 4.95. The average Bonchev–Trinajstić information content (AvgIpc) is 3.10. The van der Waals surface area contributed by atoms with Crippen molar-refractivity contribution in [3.05, 3.63) is 33.9 Å². The van der Waals surface area contributed by atoms with E-state index in [4.69, 9.17) is 16.6 Å². The summed E-state index contributed by atoms with van der Waals surface area (Å²) in [5.41, 5.74) is 2.96. The van der Waals surface area contributed by atoms with Crippen LogP contribution in [0.2, 0.25) is 0 Å². The van der Waals surface area contributed by atoms with Crippen molar-refractivity contribution in [3.8, 4) is 0 Å². The molecule has 0 saturated carbocycles. The van der Waals surface area contributed by atoms with E-state index in [-0.39, 0.29) is 6.04 Å². The van der Waals surface area contributed by atoms with Gasteiger partial charge in [0.2, 0.25) is 0 Å². The number of fused-ring (bicyclic) bond motifs is 1. The van der Waals surface area contributed by atoms with Crippen molar-refractivity contribution >= 4 is 34.1 Å². The Morgan fingerprint density at radius 1 is 1.38 bits per heavy atom. The molecule has 3 heterocycles. The minimum Gasteiger partial charge on any atom is -0.303 e. The van der Waals surface area contributed by atoms with Crippen molar-refractivity contribution in [2.75, 3.05) is 0 Å². The normalized spacial score (nSPS) is 13.4. The molecule has 0 radical (unpaired) electrons. The Bertz CT molecular complexity index is 754. The van der Waals surface area contributed by atoms with E-state index < -0.39 is 0 Å². The van der Waals surface area contributed by atoms with Crippen molar-refractivity contribution in [1.82, 2.24) is 19.3 Å². The number of imidazole rings is 1. The lowest BCUT2D eigenvalue weighted by molar-refractivity contribution is 0.438. The largest absolute Gasteiger partial charge is 0.303 e. The fourth-order valence-corrected chi connectivity index (χ4v) is 4.12. The molecule has 3 aromatic heterocycles. The van der Waals surface area contributed by atoms with E-state index in [1.165, 1.54) is 4.88 Å². The summed E-state index contributed by atoms with van der Waals surface area (Å²) in [6.07, 6.45) is 0. The second-order valence-corrected chi connectivity index (χ2v) is 6.86. The fraction of sp³-hybridized carbons (Fsp3) is 0.467. The summed E-state index contributed by atoms with van der Waals surface area (Å²) in [6.45, 7) is 6.46. The van der Waals surface area contributed by atoms with E-state index in [2.05, 4.69) is 41.0 Å². The topological polar surface area (TPSA) is 35.6 Å². The Morgan fingerprint density at radius 2 is 2.14 bits per heavy atom. The van der Waals surface area contributed by atoms with Gasteiger partial charge in [0.15, 0.2) is 5.65 Å². The molecule has 0 aliphatic carbocycles. The van der Waals surface area contributed by atoms with Gasteiger partial charge in [-0.25, -0.2) is 4.98 Å². The number of alkyl halides is 1. The Kier molecular flexibility index (Phi) is 3.80. The third-order valence-electron chi connectivity index (χ3n) is 3.77. The third kappa shape index (κ3) is 2.28. The number of nitrogens with zero attached hydrogens (tertiary/aromatic N) is 4. The first-order chi connectivity index (χ1) is 10.0. The zero-order valence-electron chi connectivity index (χ0n) is 12.7. The van der Waals surface area contributed by atoms with Crippen molar-refractivity contribution in [3.63, 3.8) is 0 Å². The van der Waals surface area contributed by atoms with E-state index in [1.807, 2.05) is 18.7 Å². The van der Waals surface area contributed by atoms with Gasteiger partial charge >= 0.3 is 0 Å². The zero-order chi connectivity index (χ0) is 15.1.